The normalized spacial score (nSPS) is 10.8. The standard InChI is InChI=1S/C24H34O2/c1-3-5-6-7-8-9-10-14-17-22-20(4-2)18-19-23(25)24(22)26-21-15-12-11-13-16-21/h11-13,15-16,18-19,25H,3-10,14,17H2,1-2H3. The molecule has 0 unspecified atom stereocenters. The molecule has 0 aliphatic carbocycles. The van der Waals surface area contributed by atoms with E-state index in [9.17, 15) is 5.11 Å². The van der Waals surface area contributed by atoms with Gasteiger partial charge >= 0.3 is 0 Å². The molecule has 0 radical (unpaired) electrons. The molecular weight excluding hydrogens is 320 g/mol. The third-order valence-electron chi connectivity index (χ3n) is 4.96. The van der Waals surface area contributed by atoms with Gasteiger partial charge < -0.3 is 9.84 Å². The minimum atomic E-state index is 0.237. The SMILES string of the molecule is CCCCCCCCCCc1c(CC)ccc(O)c1Oc1ccccc1. The van der Waals surface area contributed by atoms with Crippen molar-refractivity contribution in [2.24, 2.45) is 0 Å². The van der Waals surface area contributed by atoms with Crippen molar-refractivity contribution in [2.75, 3.05) is 0 Å². The molecule has 0 fully saturated rings. The third kappa shape index (κ3) is 6.40. The van der Waals surface area contributed by atoms with E-state index in [4.69, 9.17) is 4.74 Å². The molecule has 2 nitrogen and oxygen atoms in total. The molecule has 2 aromatic rings. The van der Waals surface area contributed by atoms with Crippen molar-refractivity contribution in [1.29, 1.82) is 0 Å². The van der Waals surface area contributed by atoms with Gasteiger partial charge in [-0.1, -0.05) is 83.1 Å². The van der Waals surface area contributed by atoms with E-state index in [1.165, 1.54) is 56.1 Å². The highest BCUT2D eigenvalue weighted by Crippen LogP contribution is 2.37. The van der Waals surface area contributed by atoms with Crippen LogP contribution in [0.15, 0.2) is 42.5 Å². The molecule has 2 heteroatoms. The number of aromatic hydroxyl groups is 1. The first-order valence-corrected chi connectivity index (χ1v) is 10.3. The van der Waals surface area contributed by atoms with Crippen LogP contribution >= 0.6 is 0 Å². The number of phenolic OH excluding ortho intramolecular Hbond substituents is 1. The van der Waals surface area contributed by atoms with Crippen LogP contribution in [0.5, 0.6) is 17.2 Å². The van der Waals surface area contributed by atoms with Gasteiger partial charge in [0.25, 0.3) is 0 Å². The van der Waals surface area contributed by atoms with Crippen LogP contribution in [0.3, 0.4) is 0 Å². The molecule has 0 heterocycles. The minimum Gasteiger partial charge on any atom is -0.504 e. The summed E-state index contributed by atoms with van der Waals surface area (Å²) >= 11 is 0. The fraction of sp³-hybridized carbons (Fsp3) is 0.500. The first-order chi connectivity index (χ1) is 12.8. The van der Waals surface area contributed by atoms with Gasteiger partial charge in [0.1, 0.15) is 5.75 Å². The molecule has 0 amide bonds. The largest absolute Gasteiger partial charge is 0.504 e. The lowest BCUT2D eigenvalue weighted by Gasteiger charge is -2.16. The zero-order chi connectivity index (χ0) is 18.6. The summed E-state index contributed by atoms with van der Waals surface area (Å²) in [5.41, 5.74) is 2.44. The van der Waals surface area contributed by atoms with Crippen molar-refractivity contribution in [3.8, 4) is 17.2 Å². The number of aryl methyl sites for hydroxylation is 1. The predicted octanol–water partition coefficient (Wildman–Crippen LogP) is 7.43. The quantitative estimate of drug-likeness (QED) is 0.402. The minimum absolute atomic E-state index is 0.237. The monoisotopic (exact) mass is 354 g/mol. The van der Waals surface area contributed by atoms with Crippen LogP contribution in [0.1, 0.15) is 76.3 Å². The number of hydrogen-bond acceptors (Lipinski definition) is 2. The Morgan fingerprint density at radius 3 is 2.08 bits per heavy atom. The van der Waals surface area contributed by atoms with Crippen LogP contribution < -0.4 is 4.74 Å². The summed E-state index contributed by atoms with van der Waals surface area (Å²) in [6, 6.07) is 13.5. The molecule has 142 valence electrons. The van der Waals surface area contributed by atoms with Gasteiger partial charge in [0, 0.05) is 5.56 Å². The third-order valence-corrected chi connectivity index (χ3v) is 4.96. The number of benzene rings is 2. The summed E-state index contributed by atoms with van der Waals surface area (Å²) in [6.07, 6.45) is 12.4. The molecule has 0 bridgehead atoms. The molecule has 1 N–H and O–H groups in total. The van der Waals surface area contributed by atoms with Crippen LogP contribution in [0, 0.1) is 0 Å². The number of ether oxygens (including phenoxy) is 1. The van der Waals surface area contributed by atoms with Crippen molar-refractivity contribution < 1.29 is 9.84 Å². The molecule has 26 heavy (non-hydrogen) atoms. The molecule has 0 aliphatic heterocycles. The highest BCUT2D eigenvalue weighted by molar-refractivity contribution is 5.52. The second-order valence-electron chi connectivity index (χ2n) is 7.05. The number of para-hydroxylation sites is 1. The fourth-order valence-corrected chi connectivity index (χ4v) is 3.42. The summed E-state index contributed by atoms with van der Waals surface area (Å²) in [5, 5.41) is 10.4. The molecule has 0 atom stereocenters. The highest BCUT2D eigenvalue weighted by Gasteiger charge is 2.14. The maximum atomic E-state index is 10.4. The van der Waals surface area contributed by atoms with E-state index in [1.807, 2.05) is 36.4 Å². The molecule has 0 aliphatic rings. The summed E-state index contributed by atoms with van der Waals surface area (Å²) in [4.78, 5) is 0. The van der Waals surface area contributed by atoms with E-state index in [2.05, 4.69) is 13.8 Å². The predicted molar refractivity (Wildman–Crippen MR) is 110 cm³/mol. The zero-order valence-electron chi connectivity index (χ0n) is 16.5. The molecular formula is C24H34O2. The van der Waals surface area contributed by atoms with Gasteiger partial charge in [-0.25, -0.2) is 0 Å². The lowest BCUT2D eigenvalue weighted by Crippen LogP contribution is -1.99. The number of hydrogen-bond donors (Lipinski definition) is 1. The lowest BCUT2D eigenvalue weighted by atomic mass is 9.97. The van der Waals surface area contributed by atoms with Crippen molar-refractivity contribution in [3.63, 3.8) is 0 Å². The number of unbranched alkanes of at least 4 members (excludes halogenated alkanes) is 7. The van der Waals surface area contributed by atoms with Crippen LogP contribution in [0.25, 0.3) is 0 Å². The second-order valence-corrected chi connectivity index (χ2v) is 7.05. The first kappa shape index (κ1) is 20.4. The van der Waals surface area contributed by atoms with E-state index in [0.717, 1.165) is 25.0 Å². The van der Waals surface area contributed by atoms with Gasteiger partial charge in [0.2, 0.25) is 0 Å². The van der Waals surface area contributed by atoms with Crippen molar-refractivity contribution in [3.05, 3.63) is 53.6 Å². The average molecular weight is 355 g/mol. The number of rotatable bonds is 12. The van der Waals surface area contributed by atoms with E-state index >= 15 is 0 Å². The van der Waals surface area contributed by atoms with Gasteiger partial charge in [0.05, 0.1) is 0 Å². The van der Waals surface area contributed by atoms with E-state index < -0.39 is 0 Å². The van der Waals surface area contributed by atoms with Crippen LogP contribution in [-0.2, 0) is 12.8 Å². The molecule has 2 aromatic carbocycles. The summed E-state index contributed by atoms with van der Waals surface area (Å²) < 4.78 is 6.06. The molecule has 0 saturated heterocycles. The van der Waals surface area contributed by atoms with Gasteiger partial charge in [-0.3, -0.25) is 0 Å². The molecule has 2 rings (SSSR count). The van der Waals surface area contributed by atoms with Crippen LogP contribution in [0.2, 0.25) is 0 Å². The van der Waals surface area contributed by atoms with E-state index in [-0.39, 0.29) is 5.75 Å². The van der Waals surface area contributed by atoms with Gasteiger partial charge in [-0.05, 0) is 43.0 Å². The average Bonchev–Trinajstić information content (AvgIpc) is 2.67. The van der Waals surface area contributed by atoms with E-state index in [0.29, 0.717) is 5.75 Å². The molecule has 0 aromatic heterocycles. The highest BCUT2D eigenvalue weighted by atomic mass is 16.5. The molecule has 0 spiro atoms. The van der Waals surface area contributed by atoms with Crippen molar-refractivity contribution in [2.45, 2.75) is 78.1 Å². The summed E-state index contributed by atoms with van der Waals surface area (Å²) in [6.45, 7) is 4.42. The van der Waals surface area contributed by atoms with E-state index in [1.54, 1.807) is 6.07 Å². The topological polar surface area (TPSA) is 29.5 Å². The zero-order valence-corrected chi connectivity index (χ0v) is 16.5. The fourth-order valence-electron chi connectivity index (χ4n) is 3.42. The van der Waals surface area contributed by atoms with Gasteiger partial charge in [-0.2, -0.15) is 0 Å². The maximum absolute atomic E-state index is 10.4. The van der Waals surface area contributed by atoms with Crippen molar-refractivity contribution in [1.82, 2.24) is 0 Å². The van der Waals surface area contributed by atoms with Crippen molar-refractivity contribution >= 4 is 0 Å². The molecule has 0 saturated carbocycles. The smallest absolute Gasteiger partial charge is 0.172 e. The van der Waals surface area contributed by atoms with Gasteiger partial charge in [-0.15, -0.1) is 0 Å². The Morgan fingerprint density at radius 1 is 0.769 bits per heavy atom. The van der Waals surface area contributed by atoms with Crippen LogP contribution in [0.4, 0.5) is 0 Å². The number of phenols is 1. The Hall–Kier alpha value is -1.96. The Kier molecular flexibility index (Phi) is 9.09. The summed E-state index contributed by atoms with van der Waals surface area (Å²) in [7, 11) is 0. The summed E-state index contributed by atoms with van der Waals surface area (Å²) in [5.74, 6) is 1.65. The Balaban J connectivity index is 1.96. The first-order valence-electron chi connectivity index (χ1n) is 10.3. The lowest BCUT2D eigenvalue weighted by molar-refractivity contribution is 0.405. The van der Waals surface area contributed by atoms with Crippen LogP contribution in [-0.4, -0.2) is 5.11 Å². The van der Waals surface area contributed by atoms with Gasteiger partial charge in [0.15, 0.2) is 11.5 Å². The Bertz CT molecular complexity index is 634. The second kappa shape index (κ2) is 11.6. The Morgan fingerprint density at radius 2 is 1.42 bits per heavy atom. The maximum Gasteiger partial charge on any atom is 0.172 e. The Labute approximate surface area is 159 Å².